The first-order valence-electron chi connectivity index (χ1n) is 9.54. The molecule has 3 heterocycles. The number of carboxylic acid groups (broad SMARTS) is 1. The van der Waals surface area contributed by atoms with Gasteiger partial charge in [0.2, 0.25) is 5.88 Å². The average Bonchev–Trinajstić information content (AvgIpc) is 3.44. The molecule has 5 aromatic rings. The number of fused-ring (bicyclic) bond motifs is 1. The van der Waals surface area contributed by atoms with Gasteiger partial charge in [0.25, 0.3) is 5.95 Å². The van der Waals surface area contributed by atoms with Crippen LogP contribution in [0.4, 0.5) is 4.39 Å². The number of halogens is 1. The first-order chi connectivity index (χ1) is 15.5. The predicted molar refractivity (Wildman–Crippen MR) is 112 cm³/mol. The Hall–Kier alpha value is -4.60. The van der Waals surface area contributed by atoms with Gasteiger partial charge >= 0.3 is 5.97 Å². The van der Waals surface area contributed by atoms with Crippen LogP contribution < -0.4 is 0 Å². The van der Waals surface area contributed by atoms with Crippen molar-refractivity contribution in [3.05, 3.63) is 84.1 Å². The first-order valence-corrected chi connectivity index (χ1v) is 9.54. The lowest BCUT2D eigenvalue weighted by molar-refractivity contribution is 0.0697. The lowest BCUT2D eigenvalue weighted by Crippen LogP contribution is -2.06. The second-order valence-corrected chi connectivity index (χ2v) is 7.03. The molecule has 0 fully saturated rings. The standard InChI is InChI=1S/C22H15FN6O3/c23-17-8-14(13-4-2-1-3-5-13)6-7-15(17)11-28-19-18(10-25-28)26-22(27-20(19)30)29-12-16(9-24-29)21(31)32/h1-10,12H,11H2,(H,31,32)(H,26,27,30). The van der Waals surface area contributed by atoms with Gasteiger partial charge in [0.1, 0.15) is 16.9 Å². The number of rotatable bonds is 5. The van der Waals surface area contributed by atoms with Gasteiger partial charge in [0.15, 0.2) is 0 Å². The van der Waals surface area contributed by atoms with Crippen molar-refractivity contribution < 1.29 is 19.4 Å². The van der Waals surface area contributed by atoms with E-state index >= 15 is 0 Å². The first kappa shape index (κ1) is 19.4. The van der Waals surface area contributed by atoms with Crippen LogP contribution in [0.1, 0.15) is 15.9 Å². The van der Waals surface area contributed by atoms with Gasteiger partial charge in [-0.2, -0.15) is 15.2 Å². The number of aromatic hydroxyl groups is 1. The van der Waals surface area contributed by atoms with Crippen molar-refractivity contribution in [1.29, 1.82) is 0 Å². The maximum absolute atomic E-state index is 14.8. The molecule has 0 aliphatic heterocycles. The Bertz CT molecular complexity index is 1460. The fourth-order valence-electron chi connectivity index (χ4n) is 3.38. The van der Waals surface area contributed by atoms with Crippen molar-refractivity contribution in [2.24, 2.45) is 0 Å². The summed E-state index contributed by atoms with van der Waals surface area (Å²) < 4.78 is 17.3. The third kappa shape index (κ3) is 3.43. The zero-order chi connectivity index (χ0) is 22.2. The summed E-state index contributed by atoms with van der Waals surface area (Å²) in [6, 6.07) is 14.4. The molecule has 2 N–H and O–H groups in total. The third-order valence-electron chi connectivity index (χ3n) is 4.97. The summed E-state index contributed by atoms with van der Waals surface area (Å²) in [4.78, 5) is 19.3. The van der Waals surface area contributed by atoms with Crippen molar-refractivity contribution in [3.63, 3.8) is 0 Å². The number of carboxylic acids is 1. The summed E-state index contributed by atoms with van der Waals surface area (Å²) in [6.07, 6.45) is 3.80. The topological polar surface area (TPSA) is 119 Å². The van der Waals surface area contributed by atoms with Gasteiger partial charge in [-0.1, -0.05) is 42.5 Å². The molecule has 0 unspecified atom stereocenters. The van der Waals surface area contributed by atoms with Crippen LogP contribution in [0.3, 0.4) is 0 Å². The van der Waals surface area contributed by atoms with Crippen molar-refractivity contribution in [1.82, 2.24) is 29.5 Å². The van der Waals surface area contributed by atoms with E-state index in [2.05, 4.69) is 20.2 Å². The summed E-state index contributed by atoms with van der Waals surface area (Å²) in [5.41, 5.74) is 2.54. The van der Waals surface area contributed by atoms with Gasteiger partial charge in [-0.25, -0.2) is 18.9 Å². The quantitative estimate of drug-likeness (QED) is 0.439. The Morgan fingerprint density at radius 3 is 2.53 bits per heavy atom. The highest BCUT2D eigenvalue weighted by Crippen LogP contribution is 2.25. The van der Waals surface area contributed by atoms with E-state index in [1.807, 2.05) is 36.4 Å². The van der Waals surface area contributed by atoms with Crippen LogP contribution in [0.5, 0.6) is 5.88 Å². The fraction of sp³-hybridized carbons (Fsp3) is 0.0455. The summed E-state index contributed by atoms with van der Waals surface area (Å²) >= 11 is 0. The van der Waals surface area contributed by atoms with Crippen molar-refractivity contribution in [3.8, 4) is 23.0 Å². The minimum absolute atomic E-state index is 0.0135. The van der Waals surface area contributed by atoms with E-state index in [9.17, 15) is 14.3 Å². The summed E-state index contributed by atoms with van der Waals surface area (Å²) in [7, 11) is 0. The molecule has 2 aromatic carbocycles. The highest BCUT2D eigenvalue weighted by atomic mass is 19.1. The van der Waals surface area contributed by atoms with Crippen LogP contribution in [-0.2, 0) is 6.54 Å². The second-order valence-electron chi connectivity index (χ2n) is 7.03. The highest BCUT2D eigenvalue weighted by molar-refractivity contribution is 5.87. The summed E-state index contributed by atoms with van der Waals surface area (Å²) in [5.74, 6) is -1.93. The molecule has 3 aromatic heterocycles. The summed E-state index contributed by atoms with van der Waals surface area (Å²) in [5, 5.41) is 27.6. The van der Waals surface area contributed by atoms with E-state index in [1.54, 1.807) is 6.07 Å². The molecule has 0 atom stereocenters. The third-order valence-corrected chi connectivity index (χ3v) is 4.97. The molecule has 0 aliphatic carbocycles. The minimum Gasteiger partial charge on any atom is -0.492 e. The molecule has 158 valence electrons. The maximum atomic E-state index is 14.8. The van der Waals surface area contributed by atoms with Crippen LogP contribution in [0.25, 0.3) is 28.1 Å². The van der Waals surface area contributed by atoms with E-state index in [0.717, 1.165) is 22.0 Å². The molecule has 0 saturated carbocycles. The van der Waals surface area contributed by atoms with Crippen molar-refractivity contribution in [2.75, 3.05) is 0 Å². The zero-order valence-electron chi connectivity index (χ0n) is 16.4. The molecular weight excluding hydrogens is 415 g/mol. The van der Waals surface area contributed by atoms with Crippen LogP contribution in [-0.4, -0.2) is 45.7 Å². The monoisotopic (exact) mass is 430 g/mol. The highest BCUT2D eigenvalue weighted by Gasteiger charge is 2.17. The lowest BCUT2D eigenvalue weighted by atomic mass is 10.0. The molecule has 5 rings (SSSR count). The van der Waals surface area contributed by atoms with E-state index in [4.69, 9.17) is 5.11 Å². The second kappa shape index (κ2) is 7.58. The number of hydrogen-bond acceptors (Lipinski definition) is 6. The number of aromatic carboxylic acids is 1. The molecule has 0 radical (unpaired) electrons. The Labute approximate surface area is 180 Å². The minimum atomic E-state index is -1.14. The normalized spacial score (nSPS) is 11.2. The molecule has 9 nitrogen and oxygen atoms in total. The average molecular weight is 430 g/mol. The fourth-order valence-corrected chi connectivity index (χ4v) is 3.38. The van der Waals surface area contributed by atoms with Gasteiger partial charge in [0.05, 0.1) is 24.5 Å². The van der Waals surface area contributed by atoms with Crippen molar-refractivity contribution in [2.45, 2.75) is 6.54 Å². The van der Waals surface area contributed by atoms with Crippen LogP contribution in [0, 0.1) is 5.82 Å². The van der Waals surface area contributed by atoms with E-state index < -0.39 is 11.8 Å². The maximum Gasteiger partial charge on any atom is 0.338 e. The Morgan fingerprint density at radius 1 is 1.00 bits per heavy atom. The molecule has 0 aliphatic rings. The molecule has 0 saturated heterocycles. The number of carbonyl (C=O) groups is 1. The van der Waals surface area contributed by atoms with Crippen LogP contribution in [0.15, 0.2) is 67.1 Å². The lowest BCUT2D eigenvalue weighted by Gasteiger charge is -2.09. The van der Waals surface area contributed by atoms with E-state index in [-0.39, 0.29) is 29.5 Å². The number of hydrogen-bond donors (Lipinski definition) is 2. The molecule has 0 bridgehead atoms. The van der Waals surface area contributed by atoms with Gasteiger partial charge in [0, 0.05) is 11.8 Å². The Balaban J connectivity index is 1.47. The molecule has 32 heavy (non-hydrogen) atoms. The van der Waals surface area contributed by atoms with Crippen molar-refractivity contribution >= 4 is 17.0 Å². The van der Waals surface area contributed by atoms with Gasteiger partial charge in [-0.15, -0.1) is 0 Å². The van der Waals surface area contributed by atoms with Gasteiger partial charge in [-0.05, 0) is 17.2 Å². The van der Waals surface area contributed by atoms with Gasteiger partial charge in [-0.3, -0.25) is 4.68 Å². The predicted octanol–water partition coefficient (Wildman–Crippen LogP) is 3.27. The molecule has 0 spiro atoms. The smallest absolute Gasteiger partial charge is 0.338 e. The zero-order valence-corrected chi connectivity index (χ0v) is 16.4. The molecular formula is C22H15FN6O3. The summed E-state index contributed by atoms with van der Waals surface area (Å²) in [6.45, 7) is 0.0611. The molecule has 10 heteroatoms. The van der Waals surface area contributed by atoms with E-state index in [0.29, 0.717) is 11.1 Å². The number of benzene rings is 2. The largest absolute Gasteiger partial charge is 0.492 e. The van der Waals surface area contributed by atoms with Gasteiger partial charge < -0.3 is 10.2 Å². The number of nitrogens with zero attached hydrogens (tertiary/aromatic N) is 6. The Morgan fingerprint density at radius 2 is 1.81 bits per heavy atom. The molecule has 0 amide bonds. The number of aromatic nitrogens is 6. The van der Waals surface area contributed by atoms with Crippen LogP contribution in [0.2, 0.25) is 0 Å². The van der Waals surface area contributed by atoms with E-state index in [1.165, 1.54) is 23.1 Å². The van der Waals surface area contributed by atoms with Crippen LogP contribution >= 0.6 is 0 Å². The SMILES string of the molecule is O=C(O)c1cnn(-c2nc(O)c3c(cnn3Cc3ccc(-c4ccccc4)cc3F)n2)c1. The Kier molecular flexibility index (Phi) is 4.59.